The molecule has 6 heteroatoms. The average molecular weight is 353 g/mol. The summed E-state index contributed by atoms with van der Waals surface area (Å²) in [6.07, 6.45) is 3.21. The molecule has 4 rings (SSSR count). The number of pyridine rings is 1. The molecule has 2 aromatic rings. The number of carbonyl (C=O) groups is 1. The molecular formula is C20H23N3O3. The van der Waals surface area contributed by atoms with Crippen molar-refractivity contribution in [3.8, 4) is 11.5 Å². The maximum absolute atomic E-state index is 12.6. The minimum atomic E-state index is -0.662. The van der Waals surface area contributed by atoms with Gasteiger partial charge in [0.15, 0.2) is 11.5 Å². The lowest BCUT2D eigenvalue weighted by molar-refractivity contribution is -0.133. The van der Waals surface area contributed by atoms with Gasteiger partial charge < -0.3 is 19.7 Å². The maximum Gasteiger partial charge on any atom is 0.265 e. The van der Waals surface area contributed by atoms with Crippen molar-refractivity contribution < 1.29 is 14.3 Å². The molecule has 0 unspecified atom stereocenters. The molecule has 2 atom stereocenters. The topological polar surface area (TPSA) is 63.7 Å². The monoisotopic (exact) mass is 353 g/mol. The van der Waals surface area contributed by atoms with Crippen LogP contribution in [0.5, 0.6) is 11.5 Å². The summed E-state index contributed by atoms with van der Waals surface area (Å²) in [6, 6.07) is 11.4. The van der Waals surface area contributed by atoms with E-state index in [4.69, 9.17) is 9.47 Å². The molecule has 2 aliphatic rings. The number of fused-ring (bicyclic) bond motifs is 1. The fourth-order valence-electron chi connectivity index (χ4n) is 3.39. The number of anilines is 1. The number of hydrogen-bond donors (Lipinski definition) is 1. The van der Waals surface area contributed by atoms with Crippen LogP contribution >= 0.6 is 0 Å². The van der Waals surface area contributed by atoms with Crippen molar-refractivity contribution in [2.24, 2.45) is 0 Å². The number of hydrogen-bond acceptors (Lipinski definition) is 5. The van der Waals surface area contributed by atoms with Gasteiger partial charge in [0.25, 0.3) is 5.91 Å². The SMILES string of the molecule is C[C@@H]1Oc2ccccc2O[C@@H]1C(=O)NCc1ccnc(N2CCCC2)c1. The second-order valence-corrected chi connectivity index (χ2v) is 6.74. The van der Waals surface area contributed by atoms with Crippen LogP contribution < -0.4 is 19.7 Å². The number of aromatic nitrogens is 1. The number of para-hydroxylation sites is 2. The molecular weight excluding hydrogens is 330 g/mol. The van der Waals surface area contributed by atoms with E-state index >= 15 is 0 Å². The maximum atomic E-state index is 12.6. The molecule has 0 spiro atoms. The van der Waals surface area contributed by atoms with E-state index in [0.29, 0.717) is 18.0 Å². The van der Waals surface area contributed by atoms with Crippen molar-refractivity contribution >= 4 is 11.7 Å². The molecule has 1 aromatic heterocycles. The van der Waals surface area contributed by atoms with Crippen LogP contribution in [-0.4, -0.2) is 36.2 Å². The number of nitrogens with zero attached hydrogens (tertiary/aromatic N) is 2. The lowest BCUT2D eigenvalue weighted by Gasteiger charge is -2.31. The quantitative estimate of drug-likeness (QED) is 0.915. The van der Waals surface area contributed by atoms with E-state index < -0.39 is 6.10 Å². The third-order valence-electron chi connectivity index (χ3n) is 4.81. The first-order valence-corrected chi connectivity index (χ1v) is 9.10. The van der Waals surface area contributed by atoms with Crippen LogP contribution in [0.15, 0.2) is 42.6 Å². The smallest absolute Gasteiger partial charge is 0.265 e. The van der Waals surface area contributed by atoms with Gasteiger partial charge in [-0.2, -0.15) is 0 Å². The zero-order valence-corrected chi connectivity index (χ0v) is 14.9. The number of rotatable bonds is 4. The fourth-order valence-corrected chi connectivity index (χ4v) is 3.39. The minimum Gasteiger partial charge on any atom is -0.482 e. The third kappa shape index (κ3) is 3.45. The summed E-state index contributed by atoms with van der Waals surface area (Å²) >= 11 is 0. The van der Waals surface area contributed by atoms with Gasteiger partial charge in [-0.05, 0) is 49.6 Å². The standard InChI is InChI=1S/C20H23N3O3/c1-14-19(26-17-7-3-2-6-16(17)25-14)20(24)22-13-15-8-9-21-18(12-15)23-10-4-5-11-23/h2-3,6-9,12,14,19H,4-5,10-11,13H2,1H3,(H,22,24)/t14-,19-/m0/s1. The molecule has 6 nitrogen and oxygen atoms in total. The second-order valence-electron chi connectivity index (χ2n) is 6.74. The van der Waals surface area contributed by atoms with Gasteiger partial charge in [-0.15, -0.1) is 0 Å². The Morgan fingerprint density at radius 1 is 1.19 bits per heavy atom. The van der Waals surface area contributed by atoms with Gasteiger partial charge >= 0.3 is 0 Å². The van der Waals surface area contributed by atoms with Crippen molar-refractivity contribution in [1.82, 2.24) is 10.3 Å². The summed E-state index contributed by atoms with van der Waals surface area (Å²) < 4.78 is 11.6. The summed E-state index contributed by atoms with van der Waals surface area (Å²) in [4.78, 5) is 19.3. The van der Waals surface area contributed by atoms with E-state index in [9.17, 15) is 4.79 Å². The van der Waals surface area contributed by atoms with E-state index in [-0.39, 0.29) is 12.0 Å². The molecule has 0 saturated carbocycles. The molecule has 2 aliphatic heterocycles. The highest BCUT2D eigenvalue weighted by Gasteiger charge is 2.33. The van der Waals surface area contributed by atoms with Gasteiger partial charge in [0, 0.05) is 25.8 Å². The third-order valence-corrected chi connectivity index (χ3v) is 4.81. The average Bonchev–Trinajstić information content (AvgIpc) is 3.20. The molecule has 0 bridgehead atoms. The summed E-state index contributed by atoms with van der Waals surface area (Å²) in [6.45, 7) is 4.38. The van der Waals surface area contributed by atoms with Crippen LogP contribution in [0, 0.1) is 0 Å². The van der Waals surface area contributed by atoms with Crippen LogP contribution in [0.1, 0.15) is 25.3 Å². The Labute approximate surface area is 153 Å². The van der Waals surface area contributed by atoms with Crippen molar-refractivity contribution in [2.75, 3.05) is 18.0 Å². The number of benzene rings is 1. The Hall–Kier alpha value is -2.76. The van der Waals surface area contributed by atoms with Crippen LogP contribution in [-0.2, 0) is 11.3 Å². The molecule has 0 aliphatic carbocycles. The normalized spacial score (nSPS) is 21.5. The van der Waals surface area contributed by atoms with Crippen molar-refractivity contribution in [3.05, 3.63) is 48.2 Å². The van der Waals surface area contributed by atoms with Crippen LogP contribution in [0.25, 0.3) is 0 Å². The van der Waals surface area contributed by atoms with Crippen molar-refractivity contribution in [2.45, 2.75) is 38.5 Å². The molecule has 1 aromatic carbocycles. The highest BCUT2D eigenvalue weighted by atomic mass is 16.6. The predicted molar refractivity (Wildman–Crippen MR) is 98.5 cm³/mol. The lowest BCUT2D eigenvalue weighted by Crippen LogP contribution is -2.48. The minimum absolute atomic E-state index is 0.175. The summed E-state index contributed by atoms with van der Waals surface area (Å²) in [5, 5.41) is 2.96. The molecule has 3 heterocycles. The number of ether oxygens (including phenoxy) is 2. The largest absolute Gasteiger partial charge is 0.482 e. The number of carbonyl (C=O) groups excluding carboxylic acids is 1. The molecule has 1 saturated heterocycles. The van der Waals surface area contributed by atoms with Crippen molar-refractivity contribution in [3.63, 3.8) is 0 Å². The Balaban J connectivity index is 1.39. The first-order chi connectivity index (χ1) is 12.7. The zero-order chi connectivity index (χ0) is 17.9. The number of amides is 1. The van der Waals surface area contributed by atoms with Crippen LogP contribution in [0.2, 0.25) is 0 Å². The zero-order valence-electron chi connectivity index (χ0n) is 14.9. The van der Waals surface area contributed by atoms with Gasteiger partial charge in [0.05, 0.1) is 0 Å². The summed E-state index contributed by atoms with van der Waals surface area (Å²) in [5.74, 6) is 2.08. The highest BCUT2D eigenvalue weighted by Crippen LogP contribution is 2.33. The van der Waals surface area contributed by atoms with Crippen LogP contribution in [0.4, 0.5) is 5.82 Å². The first-order valence-electron chi connectivity index (χ1n) is 9.10. The van der Waals surface area contributed by atoms with Gasteiger partial charge in [-0.1, -0.05) is 12.1 Å². The van der Waals surface area contributed by atoms with Gasteiger partial charge in [0.2, 0.25) is 6.10 Å². The van der Waals surface area contributed by atoms with Gasteiger partial charge in [-0.3, -0.25) is 4.79 Å². The van der Waals surface area contributed by atoms with E-state index in [1.165, 1.54) is 12.8 Å². The van der Waals surface area contributed by atoms with Crippen LogP contribution in [0.3, 0.4) is 0 Å². The summed E-state index contributed by atoms with van der Waals surface area (Å²) in [7, 11) is 0. The predicted octanol–water partition coefficient (Wildman–Crippen LogP) is 2.53. The molecule has 1 amide bonds. The van der Waals surface area contributed by atoms with E-state index in [1.807, 2.05) is 43.3 Å². The Kier molecular flexibility index (Phi) is 4.65. The molecule has 1 N–H and O–H groups in total. The van der Waals surface area contributed by atoms with E-state index in [0.717, 1.165) is 24.5 Å². The first kappa shape index (κ1) is 16.7. The van der Waals surface area contributed by atoms with E-state index in [1.54, 1.807) is 6.20 Å². The van der Waals surface area contributed by atoms with Gasteiger partial charge in [0.1, 0.15) is 11.9 Å². The summed E-state index contributed by atoms with van der Waals surface area (Å²) in [5.41, 5.74) is 1.03. The Morgan fingerprint density at radius 3 is 2.69 bits per heavy atom. The Morgan fingerprint density at radius 2 is 1.92 bits per heavy atom. The fraction of sp³-hybridized carbons (Fsp3) is 0.400. The molecule has 0 radical (unpaired) electrons. The number of nitrogens with one attached hydrogen (secondary N) is 1. The highest BCUT2D eigenvalue weighted by molar-refractivity contribution is 5.82. The molecule has 1 fully saturated rings. The lowest BCUT2D eigenvalue weighted by atomic mass is 10.1. The molecule has 26 heavy (non-hydrogen) atoms. The van der Waals surface area contributed by atoms with Crippen molar-refractivity contribution in [1.29, 1.82) is 0 Å². The van der Waals surface area contributed by atoms with E-state index in [2.05, 4.69) is 15.2 Å². The van der Waals surface area contributed by atoms with Gasteiger partial charge in [-0.25, -0.2) is 4.98 Å². The molecule has 136 valence electrons. The Bertz CT molecular complexity index is 789. The second kappa shape index (κ2) is 7.23.